The number of aryl methyl sites for hydroxylation is 1. The lowest BCUT2D eigenvalue weighted by molar-refractivity contribution is -0.122. The second-order valence-corrected chi connectivity index (χ2v) is 11.6. The predicted octanol–water partition coefficient (Wildman–Crippen LogP) is 4.70. The molecule has 3 atom stereocenters. The van der Waals surface area contributed by atoms with Crippen LogP contribution in [0.1, 0.15) is 21.9 Å². The molecular formula is C29H22FN3O5S2. The van der Waals surface area contributed by atoms with Crippen LogP contribution in [0.15, 0.2) is 82.6 Å². The predicted molar refractivity (Wildman–Crippen MR) is 151 cm³/mol. The van der Waals surface area contributed by atoms with E-state index in [1.54, 1.807) is 24.3 Å². The normalized spacial score (nSPS) is 19.8. The number of H-pyrrole nitrogens is 1. The molecule has 2 aliphatic heterocycles. The number of thioether (sulfide) groups is 1. The lowest BCUT2D eigenvalue weighted by Gasteiger charge is -2.29. The zero-order chi connectivity index (χ0) is 28.0. The van der Waals surface area contributed by atoms with E-state index in [0.717, 1.165) is 27.4 Å². The van der Waals surface area contributed by atoms with Gasteiger partial charge in [-0.3, -0.25) is 19.2 Å². The van der Waals surface area contributed by atoms with E-state index in [0.29, 0.717) is 27.0 Å². The Bertz CT molecular complexity index is 1680. The highest BCUT2D eigenvalue weighted by Gasteiger charge is 2.56. The van der Waals surface area contributed by atoms with E-state index in [1.807, 2.05) is 31.2 Å². The molecule has 11 heteroatoms. The van der Waals surface area contributed by atoms with Crippen molar-refractivity contribution in [2.45, 2.75) is 23.1 Å². The maximum Gasteiger partial charge on any atom is 0.305 e. The molecule has 2 unspecified atom stereocenters. The largest absolute Gasteiger partial charge is 0.484 e. The van der Waals surface area contributed by atoms with Crippen LogP contribution < -0.4 is 19.8 Å². The van der Waals surface area contributed by atoms with Gasteiger partial charge in [0.1, 0.15) is 16.8 Å². The van der Waals surface area contributed by atoms with Gasteiger partial charge in [0.05, 0.1) is 16.6 Å². The Morgan fingerprint density at radius 3 is 2.45 bits per heavy atom. The number of halogens is 1. The zero-order valence-electron chi connectivity index (χ0n) is 21.1. The molecule has 4 aromatic rings. The van der Waals surface area contributed by atoms with Gasteiger partial charge >= 0.3 is 4.87 Å². The van der Waals surface area contributed by atoms with Crippen molar-refractivity contribution in [3.63, 3.8) is 0 Å². The third kappa shape index (κ3) is 4.71. The van der Waals surface area contributed by atoms with Crippen LogP contribution in [-0.4, -0.2) is 34.6 Å². The molecule has 0 radical (unpaired) electrons. The molecule has 2 aliphatic rings. The van der Waals surface area contributed by atoms with Crippen LogP contribution in [0.4, 0.5) is 15.8 Å². The fourth-order valence-electron chi connectivity index (χ4n) is 5.04. The number of thiazole rings is 1. The summed E-state index contributed by atoms with van der Waals surface area (Å²) in [6.07, 6.45) is 0. The SMILES string of the molecule is Cc1ccccc1NC(=O)COc1ccc([C@H]2c3sc(=O)[nH]c3SC3C(=O)N(c4ccc(F)cc4)C(=O)C32)cc1. The molecule has 6 rings (SSSR count). The Balaban J connectivity index is 1.25. The van der Waals surface area contributed by atoms with Gasteiger partial charge in [-0.2, -0.15) is 0 Å². The lowest BCUT2D eigenvalue weighted by atomic mass is 9.83. The molecular weight excluding hydrogens is 553 g/mol. The first-order valence-electron chi connectivity index (χ1n) is 12.4. The summed E-state index contributed by atoms with van der Waals surface area (Å²) in [7, 11) is 0. The van der Waals surface area contributed by atoms with Crippen molar-refractivity contribution < 1.29 is 23.5 Å². The molecule has 3 heterocycles. The minimum Gasteiger partial charge on any atom is -0.484 e. The van der Waals surface area contributed by atoms with Gasteiger partial charge in [-0.05, 0) is 60.5 Å². The van der Waals surface area contributed by atoms with E-state index in [2.05, 4.69) is 10.3 Å². The quantitative estimate of drug-likeness (QED) is 0.323. The van der Waals surface area contributed by atoms with Crippen LogP contribution in [0, 0.1) is 18.7 Å². The summed E-state index contributed by atoms with van der Waals surface area (Å²) in [5, 5.41) is 2.64. The third-order valence-corrected chi connectivity index (χ3v) is 9.34. The summed E-state index contributed by atoms with van der Waals surface area (Å²) >= 11 is 2.19. The average molecular weight is 576 g/mol. The first kappa shape index (κ1) is 26.0. The first-order chi connectivity index (χ1) is 19.3. The number of nitrogens with zero attached hydrogens (tertiary/aromatic N) is 1. The number of amides is 3. The van der Waals surface area contributed by atoms with Gasteiger partial charge < -0.3 is 15.0 Å². The second-order valence-electron chi connectivity index (χ2n) is 9.46. The molecule has 40 heavy (non-hydrogen) atoms. The van der Waals surface area contributed by atoms with E-state index >= 15 is 0 Å². The maximum atomic E-state index is 13.7. The van der Waals surface area contributed by atoms with Crippen molar-refractivity contribution in [3.05, 3.63) is 104 Å². The topological polar surface area (TPSA) is 109 Å². The number of ether oxygens (including phenoxy) is 1. The number of aromatic nitrogens is 1. The van der Waals surface area contributed by atoms with Crippen molar-refractivity contribution in [2.24, 2.45) is 5.92 Å². The van der Waals surface area contributed by atoms with Crippen molar-refractivity contribution >= 4 is 52.2 Å². The summed E-state index contributed by atoms with van der Waals surface area (Å²) in [5.74, 6) is -2.44. The van der Waals surface area contributed by atoms with Crippen molar-refractivity contribution in [1.29, 1.82) is 0 Å². The Morgan fingerprint density at radius 1 is 1.00 bits per heavy atom. The van der Waals surface area contributed by atoms with E-state index in [9.17, 15) is 23.6 Å². The van der Waals surface area contributed by atoms with E-state index in [-0.39, 0.29) is 17.4 Å². The number of aromatic amines is 1. The molecule has 0 saturated carbocycles. The summed E-state index contributed by atoms with van der Waals surface area (Å²) in [4.78, 5) is 56.1. The highest BCUT2D eigenvalue weighted by atomic mass is 32.2. The van der Waals surface area contributed by atoms with Crippen molar-refractivity contribution in [1.82, 2.24) is 4.98 Å². The number of para-hydroxylation sites is 1. The van der Waals surface area contributed by atoms with Crippen LogP contribution in [-0.2, 0) is 14.4 Å². The summed E-state index contributed by atoms with van der Waals surface area (Å²) in [6.45, 7) is 1.71. The van der Waals surface area contributed by atoms with Crippen molar-refractivity contribution in [3.8, 4) is 5.75 Å². The summed E-state index contributed by atoms with van der Waals surface area (Å²) < 4.78 is 19.2. The average Bonchev–Trinajstić information content (AvgIpc) is 3.44. The van der Waals surface area contributed by atoms with Crippen LogP contribution in [0.5, 0.6) is 5.75 Å². The molecule has 202 valence electrons. The molecule has 0 aliphatic carbocycles. The standard InChI is InChI=1S/C29H22FN3O5S2/c1-15-4-2-3-5-20(15)31-21(34)14-38-19-12-6-16(7-13-19)22-23-25(39-26-24(22)40-29(37)32-26)28(36)33(27(23)35)18-10-8-17(30)9-11-18/h2-13,22-23,25H,14H2,1H3,(H,31,34)(H,32,37)/t22-,23?,25?/m1/s1. The molecule has 0 spiro atoms. The molecule has 1 aromatic heterocycles. The first-order valence-corrected chi connectivity index (χ1v) is 14.1. The number of anilines is 2. The summed E-state index contributed by atoms with van der Waals surface area (Å²) in [5.41, 5.74) is 2.68. The number of hydrogen-bond acceptors (Lipinski definition) is 7. The molecule has 8 nitrogen and oxygen atoms in total. The monoisotopic (exact) mass is 575 g/mol. The minimum absolute atomic E-state index is 0.193. The molecule has 1 saturated heterocycles. The highest BCUT2D eigenvalue weighted by Crippen LogP contribution is 2.53. The van der Waals surface area contributed by atoms with Gasteiger partial charge in [0.15, 0.2) is 6.61 Å². The maximum absolute atomic E-state index is 13.7. The molecule has 1 fully saturated rings. The van der Waals surface area contributed by atoms with Gasteiger partial charge in [-0.15, -0.1) is 0 Å². The van der Waals surface area contributed by atoms with Gasteiger partial charge in [0, 0.05) is 16.5 Å². The Morgan fingerprint density at radius 2 is 1.73 bits per heavy atom. The van der Waals surface area contributed by atoms with Gasteiger partial charge in [0.25, 0.3) is 5.91 Å². The number of hydrogen-bond donors (Lipinski definition) is 2. The van der Waals surface area contributed by atoms with E-state index < -0.39 is 34.7 Å². The number of nitrogens with one attached hydrogen (secondary N) is 2. The number of carbonyl (C=O) groups is 3. The number of fused-ring (bicyclic) bond motifs is 2. The molecule has 2 N–H and O–H groups in total. The third-order valence-electron chi connectivity index (χ3n) is 6.94. The van der Waals surface area contributed by atoms with Crippen LogP contribution in [0.2, 0.25) is 0 Å². The van der Waals surface area contributed by atoms with Gasteiger partial charge in [-0.1, -0.05) is 53.4 Å². The number of rotatable bonds is 6. The van der Waals surface area contributed by atoms with Gasteiger partial charge in [0.2, 0.25) is 11.8 Å². The summed E-state index contributed by atoms with van der Waals surface area (Å²) in [6, 6.07) is 19.6. The number of imide groups is 1. The lowest BCUT2D eigenvalue weighted by Crippen LogP contribution is -2.32. The van der Waals surface area contributed by atoms with E-state index in [1.165, 1.54) is 36.0 Å². The number of carbonyl (C=O) groups excluding carboxylic acids is 3. The number of benzene rings is 3. The molecule has 3 aromatic carbocycles. The smallest absolute Gasteiger partial charge is 0.305 e. The van der Waals surface area contributed by atoms with Crippen LogP contribution in [0.3, 0.4) is 0 Å². The minimum atomic E-state index is -0.756. The molecule has 3 amide bonds. The van der Waals surface area contributed by atoms with E-state index in [4.69, 9.17) is 4.74 Å². The Hall–Kier alpha value is -4.22. The van der Waals surface area contributed by atoms with Gasteiger partial charge in [-0.25, -0.2) is 9.29 Å². The zero-order valence-corrected chi connectivity index (χ0v) is 22.7. The fourth-order valence-corrected chi connectivity index (χ4v) is 7.56. The highest BCUT2D eigenvalue weighted by molar-refractivity contribution is 8.00. The van der Waals surface area contributed by atoms with Crippen LogP contribution >= 0.6 is 23.1 Å². The van der Waals surface area contributed by atoms with Crippen molar-refractivity contribution in [2.75, 3.05) is 16.8 Å². The van der Waals surface area contributed by atoms with Crippen LogP contribution in [0.25, 0.3) is 0 Å². The second kappa shape index (κ2) is 10.4. The molecule has 0 bridgehead atoms. The Labute approximate surface area is 236 Å². The Kier molecular flexibility index (Phi) is 6.77. The fraction of sp³-hybridized carbons (Fsp3) is 0.172.